The number of amides is 1. The highest BCUT2D eigenvalue weighted by molar-refractivity contribution is 9.11. The summed E-state index contributed by atoms with van der Waals surface area (Å²) >= 11 is 12.8. The molecule has 2 aromatic carbocycles. The zero-order valence-corrected chi connectivity index (χ0v) is 13.9. The van der Waals surface area contributed by atoms with Crippen molar-refractivity contribution < 1.29 is 4.79 Å². The quantitative estimate of drug-likeness (QED) is 0.712. The zero-order valence-electron chi connectivity index (χ0n) is 10.0. The molecule has 0 fully saturated rings. The zero-order chi connectivity index (χ0) is 14.0. The summed E-state index contributed by atoms with van der Waals surface area (Å²) in [5, 5.41) is 3.49. The van der Waals surface area contributed by atoms with Crippen LogP contribution in [0.25, 0.3) is 0 Å². The largest absolute Gasteiger partial charge is 0.322 e. The Bertz CT molecular complexity index is 643. The van der Waals surface area contributed by atoms with Crippen LogP contribution in [0.3, 0.4) is 0 Å². The molecule has 0 unspecified atom stereocenters. The highest BCUT2D eigenvalue weighted by atomic mass is 79.9. The van der Waals surface area contributed by atoms with Gasteiger partial charge >= 0.3 is 0 Å². The van der Waals surface area contributed by atoms with Gasteiger partial charge in [-0.2, -0.15) is 0 Å². The van der Waals surface area contributed by atoms with Gasteiger partial charge in [0.2, 0.25) is 0 Å². The highest BCUT2D eigenvalue weighted by Gasteiger charge is 2.12. The molecular weight excluding hydrogens is 393 g/mol. The van der Waals surface area contributed by atoms with Crippen molar-refractivity contribution in [3.63, 3.8) is 0 Å². The van der Waals surface area contributed by atoms with Gasteiger partial charge in [-0.05, 0) is 58.7 Å². The number of halogens is 3. The van der Waals surface area contributed by atoms with Crippen LogP contribution in [0.1, 0.15) is 15.9 Å². The standard InChI is InChI=1S/C14H10Br2ClNO/c1-8-12(17)3-2-4-13(8)18-14(19)10-6-5-9(15)7-11(10)16/h2-7H,1H3,(H,18,19). The van der Waals surface area contributed by atoms with Crippen molar-refractivity contribution in [3.8, 4) is 0 Å². The van der Waals surface area contributed by atoms with Gasteiger partial charge in [0.15, 0.2) is 0 Å². The number of hydrogen-bond acceptors (Lipinski definition) is 1. The van der Waals surface area contributed by atoms with E-state index in [4.69, 9.17) is 11.6 Å². The summed E-state index contributed by atoms with van der Waals surface area (Å²) in [6, 6.07) is 10.8. The molecule has 0 radical (unpaired) electrons. The number of hydrogen-bond donors (Lipinski definition) is 1. The van der Waals surface area contributed by atoms with Crippen molar-refractivity contribution in [1.29, 1.82) is 0 Å². The van der Waals surface area contributed by atoms with E-state index < -0.39 is 0 Å². The van der Waals surface area contributed by atoms with Gasteiger partial charge < -0.3 is 5.32 Å². The normalized spacial score (nSPS) is 10.3. The van der Waals surface area contributed by atoms with E-state index in [-0.39, 0.29) is 5.91 Å². The molecule has 0 heterocycles. The van der Waals surface area contributed by atoms with E-state index in [9.17, 15) is 4.79 Å². The average Bonchev–Trinajstić information content (AvgIpc) is 2.34. The van der Waals surface area contributed by atoms with Gasteiger partial charge in [0, 0.05) is 19.7 Å². The maximum absolute atomic E-state index is 12.2. The maximum Gasteiger partial charge on any atom is 0.256 e. The summed E-state index contributed by atoms with van der Waals surface area (Å²) in [6.45, 7) is 1.87. The Morgan fingerprint density at radius 2 is 1.95 bits per heavy atom. The van der Waals surface area contributed by atoms with E-state index in [1.165, 1.54) is 0 Å². The summed E-state index contributed by atoms with van der Waals surface area (Å²) in [4.78, 5) is 12.2. The van der Waals surface area contributed by atoms with E-state index in [1.54, 1.807) is 12.1 Å². The van der Waals surface area contributed by atoms with Gasteiger partial charge in [0.1, 0.15) is 0 Å². The number of nitrogens with one attached hydrogen (secondary N) is 1. The minimum atomic E-state index is -0.176. The molecule has 0 aliphatic carbocycles. The molecule has 0 atom stereocenters. The van der Waals surface area contributed by atoms with Crippen molar-refractivity contribution in [1.82, 2.24) is 0 Å². The van der Waals surface area contributed by atoms with E-state index in [0.717, 1.165) is 14.5 Å². The van der Waals surface area contributed by atoms with E-state index in [0.29, 0.717) is 16.3 Å². The Kier molecular flexibility index (Phi) is 4.66. The molecule has 5 heteroatoms. The van der Waals surface area contributed by atoms with Crippen LogP contribution in [0.2, 0.25) is 5.02 Å². The molecule has 0 saturated carbocycles. The Labute approximate surface area is 133 Å². The number of rotatable bonds is 2. The topological polar surface area (TPSA) is 29.1 Å². The predicted octanol–water partition coefficient (Wildman–Crippen LogP) is 5.43. The third-order valence-electron chi connectivity index (χ3n) is 2.69. The van der Waals surface area contributed by atoms with Crippen LogP contribution in [0.4, 0.5) is 5.69 Å². The third-order valence-corrected chi connectivity index (χ3v) is 4.25. The van der Waals surface area contributed by atoms with Gasteiger partial charge in [-0.1, -0.05) is 33.6 Å². The summed E-state index contributed by atoms with van der Waals surface area (Å²) in [6.07, 6.45) is 0. The first-order valence-electron chi connectivity index (χ1n) is 5.50. The van der Waals surface area contributed by atoms with Crippen molar-refractivity contribution >= 4 is 55.1 Å². The molecule has 1 N–H and O–H groups in total. The monoisotopic (exact) mass is 401 g/mol. The first kappa shape index (κ1) is 14.6. The van der Waals surface area contributed by atoms with E-state index in [1.807, 2.05) is 31.2 Å². The lowest BCUT2D eigenvalue weighted by atomic mass is 10.1. The number of carbonyl (C=O) groups excluding carboxylic acids is 1. The molecule has 98 valence electrons. The maximum atomic E-state index is 12.2. The lowest BCUT2D eigenvalue weighted by molar-refractivity contribution is 0.102. The number of benzene rings is 2. The van der Waals surface area contributed by atoms with Crippen LogP contribution in [-0.2, 0) is 0 Å². The second kappa shape index (κ2) is 6.07. The molecule has 2 rings (SSSR count). The van der Waals surface area contributed by atoms with Crippen LogP contribution < -0.4 is 5.32 Å². The Hall–Kier alpha value is -0.840. The van der Waals surface area contributed by atoms with Crippen molar-refractivity contribution in [3.05, 3.63) is 61.5 Å². The molecule has 2 nitrogen and oxygen atoms in total. The van der Waals surface area contributed by atoms with Gasteiger partial charge in [0.25, 0.3) is 5.91 Å². The Morgan fingerprint density at radius 3 is 2.63 bits per heavy atom. The second-order valence-electron chi connectivity index (χ2n) is 3.99. The number of carbonyl (C=O) groups is 1. The molecule has 0 saturated heterocycles. The highest BCUT2D eigenvalue weighted by Crippen LogP contribution is 2.26. The molecule has 0 aliphatic rings. The summed E-state index contributed by atoms with van der Waals surface area (Å²) < 4.78 is 1.65. The fourth-order valence-corrected chi connectivity index (χ4v) is 3.01. The third kappa shape index (κ3) is 3.38. The van der Waals surface area contributed by atoms with Crippen LogP contribution in [0, 0.1) is 6.92 Å². The Morgan fingerprint density at radius 1 is 1.21 bits per heavy atom. The molecule has 19 heavy (non-hydrogen) atoms. The predicted molar refractivity (Wildman–Crippen MR) is 86.0 cm³/mol. The number of anilines is 1. The van der Waals surface area contributed by atoms with E-state index in [2.05, 4.69) is 37.2 Å². The Balaban J connectivity index is 2.28. The molecular formula is C14H10Br2ClNO. The average molecular weight is 404 g/mol. The summed E-state index contributed by atoms with van der Waals surface area (Å²) in [7, 11) is 0. The van der Waals surface area contributed by atoms with Crippen LogP contribution >= 0.6 is 43.5 Å². The first-order chi connectivity index (χ1) is 8.99. The van der Waals surface area contributed by atoms with Crippen molar-refractivity contribution in [2.75, 3.05) is 5.32 Å². The molecule has 2 aromatic rings. The smallest absolute Gasteiger partial charge is 0.256 e. The summed E-state index contributed by atoms with van der Waals surface area (Å²) in [5.41, 5.74) is 2.14. The lowest BCUT2D eigenvalue weighted by Crippen LogP contribution is -2.13. The fourth-order valence-electron chi connectivity index (χ4n) is 1.61. The van der Waals surface area contributed by atoms with Gasteiger partial charge in [-0.15, -0.1) is 0 Å². The molecule has 0 aliphatic heterocycles. The van der Waals surface area contributed by atoms with Crippen molar-refractivity contribution in [2.24, 2.45) is 0 Å². The lowest BCUT2D eigenvalue weighted by Gasteiger charge is -2.10. The first-order valence-corrected chi connectivity index (χ1v) is 7.47. The molecule has 0 bridgehead atoms. The van der Waals surface area contributed by atoms with Crippen molar-refractivity contribution in [2.45, 2.75) is 6.92 Å². The fraction of sp³-hybridized carbons (Fsp3) is 0.0714. The van der Waals surface area contributed by atoms with Gasteiger partial charge in [-0.25, -0.2) is 0 Å². The molecule has 0 aromatic heterocycles. The van der Waals surface area contributed by atoms with Crippen LogP contribution in [-0.4, -0.2) is 5.91 Å². The van der Waals surface area contributed by atoms with Gasteiger partial charge in [0.05, 0.1) is 5.56 Å². The molecule has 0 spiro atoms. The van der Waals surface area contributed by atoms with E-state index >= 15 is 0 Å². The minimum absolute atomic E-state index is 0.176. The minimum Gasteiger partial charge on any atom is -0.322 e. The molecule has 1 amide bonds. The van der Waals surface area contributed by atoms with Crippen LogP contribution in [0.5, 0.6) is 0 Å². The SMILES string of the molecule is Cc1c(Cl)cccc1NC(=O)c1ccc(Br)cc1Br. The second-order valence-corrected chi connectivity index (χ2v) is 6.17. The van der Waals surface area contributed by atoms with Crippen LogP contribution in [0.15, 0.2) is 45.3 Å². The summed E-state index contributed by atoms with van der Waals surface area (Å²) in [5.74, 6) is -0.176. The van der Waals surface area contributed by atoms with Gasteiger partial charge in [-0.3, -0.25) is 4.79 Å².